The first-order valence-electron chi connectivity index (χ1n) is 10.3. The lowest BCUT2D eigenvalue weighted by molar-refractivity contribution is -0.123. The molecule has 2 heterocycles. The van der Waals surface area contributed by atoms with Gasteiger partial charge in [0.2, 0.25) is 5.91 Å². The van der Waals surface area contributed by atoms with Gasteiger partial charge in [-0.1, -0.05) is 46.3 Å². The zero-order chi connectivity index (χ0) is 21.8. The van der Waals surface area contributed by atoms with Crippen LogP contribution in [0.15, 0.2) is 58.0 Å². The van der Waals surface area contributed by atoms with E-state index in [9.17, 15) is 9.59 Å². The molecule has 2 aromatic carbocycles. The van der Waals surface area contributed by atoms with Crippen molar-refractivity contribution in [2.45, 2.75) is 25.0 Å². The number of carbonyl (C=O) groups is 2. The summed E-state index contributed by atoms with van der Waals surface area (Å²) in [5.74, 6) is 0.598. The van der Waals surface area contributed by atoms with Gasteiger partial charge >= 0.3 is 0 Å². The molecule has 2 aliphatic rings. The molecular formula is C23H25BrN4O3. The highest BCUT2D eigenvalue weighted by atomic mass is 79.9. The smallest absolute Gasteiger partial charge is 0.272 e. The molecule has 2 aromatic rings. The molecule has 0 aliphatic carbocycles. The molecule has 0 radical (unpaired) electrons. The third-order valence-corrected chi connectivity index (χ3v) is 6.25. The summed E-state index contributed by atoms with van der Waals surface area (Å²) >= 11 is 3.41. The van der Waals surface area contributed by atoms with Crippen molar-refractivity contribution < 1.29 is 14.3 Å². The zero-order valence-electron chi connectivity index (χ0n) is 17.4. The van der Waals surface area contributed by atoms with Gasteiger partial charge in [0.25, 0.3) is 5.91 Å². The number of aliphatic imine (C=N–C) groups is 1. The van der Waals surface area contributed by atoms with Crippen LogP contribution < -0.4 is 15.4 Å². The first kappa shape index (κ1) is 21.5. The predicted octanol–water partition coefficient (Wildman–Crippen LogP) is 2.49. The summed E-state index contributed by atoms with van der Waals surface area (Å²) in [4.78, 5) is 31.8. The molecule has 2 N–H and O–H groups in total. The SMILES string of the molecule is COc1ccccc1CNC(=O)CN1CCC2(CC1)N=C(c1ccc(Br)cc1)C(=O)N2. The Balaban J connectivity index is 1.31. The lowest BCUT2D eigenvalue weighted by atomic mass is 9.98. The number of benzene rings is 2. The topological polar surface area (TPSA) is 83.0 Å². The van der Waals surface area contributed by atoms with Gasteiger partial charge in [0.1, 0.15) is 17.1 Å². The number of hydrogen-bond acceptors (Lipinski definition) is 5. The minimum Gasteiger partial charge on any atom is -0.496 e. The Morgan fingerprint density at radius 2 is 1.90 bits per heavy atom. The molecule has 2 aliphatic heterocycles. The van der Waals surface area contributed by atoms with E-state index in [1.54, 1.807) is 7.11 Å². The Morgan fingerprint density at radius 3 is 2.61 bits per heavy atom. The van der Waals surface area contributed by atoms with E-state index in [2.05, 4.69) is 31.5 Å². The molecule has 0 aromatic heterocycles. The van der Waals surface area contributed by atoms with Crippen molar-refractivity contribution in [1.82, 2.24) is 15.5 Å². The quantitative estimate of drug-likeness (QED) is 0.659. The van der Waals surface area contributed by atoms with Crippen LogP contribution in [0.5, 0.6) is 5.75 Å². The minimum absolute atomic E-state index is 0.0311. The number of para-hydroxylation sites is 1. The molecule has 1 spiro atoms. The van der Waals surface area contributed by atoms with Crippen LogP contribution in [0.25, 0.3) is 0 Å². The molecule has 0 bridgehead atoms. The summed E-state index contributed by atoms with van der Waals surface area (Å²) < 4.78 is 6.29. The van der Waals surface area contributed by atoms with Crippen molar-refractivity contribution in [3.63, 3.8) is 0 Å². The first-order chi connectivity index (χ1) is 15.0. The zero-order valence-corrected chi connectivity index (χ0v) is 18.9. The maximum absolute atomic E-state index is 12.5. The third kappa shape index (κ3) is 4.97. The number of piperidine rings is 1. The average molecular weight is 485 g/mol. The lowest BCUT2D eigenvalue weighted by Gasteiger charge is -2.36. The molecule has 2 amide bonds. The third-order valence-electron chi connectivity index (χ3n) is 5.72. The van der Waals surface area contributed by atoms with Crippen LogP contribution in [0.2, 0.25) is 0 Å². The van der Waals surface area contributed by atoms with Crippen LogP contribution in [0, 0.1) is 0 Å². The van der Waals surface area contributed by atoms with E-state index in [-0.39, 0.29) is 11.8 Å². The maximum Gasteiger partial charge on any atom is 0.272 e. The fraction of sp³-hybridized carbons (Fsp3) is 0.348. The highest BCUT2D eigenvalue weighted by molar-refractivity contribution is 9.10. The summed E-state index contributed by atoms with van der Waals surface area (Å²) in [7, 11) is 1.62. The Hall–Kier alpha value is -2.71. The minimum atomic E-state index is -0.566. The molecule has 162 valence electrons. The normalized spacial score (nSPS) is 17.9. The number of nitrogens with zero attached hydrogens (tertiary/aromatic N) is 2. The molecule has 7 nitrogen and oxygen atoms in total. The Bertz CT molecular complexity index is 998. The summed E-state index contributed by atoms with van der Waals surface area (Å²) in [6.45, 7) is 2.14. The van der Waals surface area contributed by atoms with Crippen LogP contribution in [-0.4, -0.2) is 54.8 Å². The monoisotopic (exact) mass is 484 g/mol. The number of methoxy groups -OCH3 is 1. The van der Waals surface area contributed by atoms with E-state index in [4.69, 9.17) is 9.73 Å². The van der Waals surface area contributed by atoms with Crippen LogP contribution in [0.3, 0.4) is 0 Å². The number of halogens is 1. The largest absolute Gasteiger partial charge is 0.496 e. The summed E-state index contributed by atoms with van der Waals surface area (Å²) in [5, 5.41) is 6.03. The number of nitrogens with one attached hydrogen (secondary N) is 2. The van der Waals surface area contributed by atoms with Gasteiger partial charge in [-0.2, -0.15) is 0 Å². The van der Waals surface area contributed by atoms with E-state index in [1.807, 2.05) is 48.5 Å². The van der Waals surface area contributed by atoms with E-state index in [0.717, 1.165) is 21.3 Å². The number of amides is 2. The van der Waals surface area contributed by atoms with Gasteiger partial charge in [-0.25, -0.2) is 0 Å². The van der Waals surface area contributed by atoms with Crippen LogP contribution in [0.1, 0.15) is 24.0 Å². The number of rotatable bonds is 6. The summed E-state index contributed by atoms with van der Waals surface area (Å²) in [5.41, 5.74) is 1.68. The number of likely N-dealkylation sites (tertiary alicyclic amines) is 1. The van der Waals surface area contributed by atoms with Crippen molar-refractivity contribution in [2.75, 3.05) is 26.7 Å². The molecule has 0 atom stereocenters. The molecular weight excluding hydrogens is 460 g/mol. The summed E-state index contributed by atoms with van der Waals surface area (Å²) in [6, 6.07) is 15.2. The predicted molar refractivity (Wildman–Crippen MR) is 122 cm³/mol. The Kier molecular flexibility index (Phi) is 6.38. The van der Waals surface area contributed by atoms with Crippen LogP contribution in [0.4, 0.5) is 0 Å². The number of hydrogen-bond donors (Lipinski definition) is 2. The van der Waals surface area contributed by atoms with Gasteiger partial charge in [-0.3, -0.25) is 19.5 Å². The molecule has 0 saturated carbocycles. The molecule has 1 saturated heterocycles. The van der Waals surface area contributed by atoms with Gasteiger partial charge in [0.05, 0.1) is 13.7 Å². The average Bonchev–Trinajstić information content (AvgIpc) is 3.10. The van der Waals surface area contributed by atoms with E-state index in [0.29, 0.717) is 44.7 Å². The van der Waals surface area contributed by atoms with E-state index < -0.39 is 5.66 Å². The second-order valence-corrected chi connectivity index (χ2v) is 8.73. The van der Waals surface area contributed by atoms with E-state index >= 15 is 0 Å². The fourth-order valence-electron chi connectivity index (χ4n) is 3.99. The molecule has 1 fully saturated rings. The van der Waals surface area contributed by atoms with Gasteiger partial charge in [0, 0.05) is 48.1 Å². The standard InChI is InChI=1S/C23H25BrN4O3/c1-31-19-5-3-2-4-17(19)14-25-20(29)15-28-12-10-23(11-13-28)26-21(22(30)27-23)16-6-8-18(24)9-7-16/h2-9H,10-15H2,1H3,(H,25,29)(H,27,30). The van der Waals surface area contributed by atoms with Crippen molar-refractivity contribution in [3.05, 3.63) is 64.1 Å². The molecule has 31 heavy (non-hydrogen) atoms. The van der Waals surface area contributed by atoms with Crippen molar-refractivity contribution in [2.24, 2.45) is 4.99 Å². The van der Waals surface area contributed by atoms with Gasteiger partial charge < -0.3 is 15.4 Å². The fourth-order valence-corrected chi connectivity index (χ4v) is 4.25. The molecule has 4 rings (SSSR count). The van der Waals surface area contributed by atoms with Crippen molar-refractivity contribution in [1.29, 1.82) is 0 Å². The lowest BCUT2D eigenvalue weighted by Crippen LogP contribution is -2.52. The maximum atomic E-state index is 12.5. The highest BCUT2D eigenvalue weighted by Gasteiger charge is 2.42. The second-order valence-electron chi connectivity index (χ2n) is 7.82. The molecule has 8 heteroatoms. The molecule has 0 unspecified atom stereocenters. The summed E-state index contributed by atoms with van der Waals surface area (Å²) in [6.07, 6.45) is 1.36. The van der Waals surface area contributed by atoms with Gasteiger partial charge in [-0.15, -0.1) is 0 Å². The number of ether oxygens (including phenoxy) is 1. The Morgan fingerprint density at radius 1 is 1.19 bits per heavy atom. The van der Waals surface area contributed by atoms with Crippen molar-refractivity contribution >= 4 is 33.5 Å². The van der Waals surface area contributed by atoms with Gasteiger partial charge in [0.15, 0.2) is 0 Å². The highest BCUT2D eigenvalue weighted by Crippen LogP contribution is 2.29. The Labute approximate surface area is 190 Å². The van der Waals surface area contributed by atoms with E-state index in [1.165, 1.54) is 0 Å². The van der Waals surface area contributed by atoms with Gasteiger partial charge in [-0.05, 0) is 18.2 Å². The second kappa shape index (κ2) is 9.20. The number of carbonyl (C=O) groups excluding carboxylic acids is 2. The first-order valence-corrected chi connectivity index (χ1v) is 11.1. The van der Waals surface area contributed by atoms with Crippen LogP contribution >= 0.6 is 15.9 Å². The van der Waals surface area contributed by atoms with Crippen molar-refractivity contribution in [3.8, 4) is 5.75 Å². The van der Waals surface area contributed by atoms with Crippen LogP contribution in [-0.2, 0) is 16.1 Å².